The van der Waals surface area contributed by atoms with Crippen LogP contribution in [0.15, 0.2) is 66.8 Å². The van der Waals surface area contributed by atoms with Crippen molar-refractivity contribution in [3.05, 3.63) is 82.9 Å². The van der Waals surface area contributed by atoms with E-state index >= 15 is 0 Å². The van der Waals surface area contributed by atoms with Crippen molar-refractivity contribution < 1.29 is 28.7 Å². The molecule has 1 unspecified atom stereocenters. The Labute approximate surface area is 208 Å². The van der Waals surface area contributed by atoms with Gasteiger partial charge >= 0.3 is 0 Å². The SMILES string of the molecule is CCOc1ccc(/C([O-])=C2\C(=O)C(=O)N(CCC[n+]3cc[nH]c3)C2c2ccccc2OC)cc1Cl. The van der Waals surface area contributed by atoms with Crippen LogP contribution in [0.25, 0.3) is 5.76 Å². The molecule has 0 aliphatic carbocycles. The van der Waals surface area contributed by atoms with E-state index in [0.717, 1.165) is 0 Å². The van der Waals surface area contributed by atoms with Gasteiger partial charge in [-0.2, -0.15) is 0 Å². The Morgan fingerprint density at radius 1 is 1.20 bits per heavy atom. The molecule has 3 aromatic rings. The molecular formula is C26H26ClN3O5. The molecule has 2 heterocycles. The number of ether oxygens (including phenoxy) is 2. The maximum Gasteiger partial charge on any atom is 0.295 e. The second-order valence-corrected chi connectivity index (χ2v) is 8.40. The lowest BCUT2D eigenvalue weighted by Gasteiger charge is -2.28. The third-order valence-electron chi connectivity index (χ3n) is 5.87. The van der Waals surface area contributed by atoms with Crippen LogP contribution in [0.4, 0.5) is 0 Å². The van der Waals surface area contributed by atoms with Gasteiger partial charge in [0.25, 0.3) is 5.91 Å². The monoisotopic (exact) mass is 495 g/mol. The number of hydrogen-bond donors (Lipinski definition) is 1. The van der Waals surface area contributed by atoms with Gasteiger partial charge in [-0.05, 0) is 30.7 Å². The van der Waals surface area contributed by atoms with E-state index in [0.29, 0.717) is 36.6 Å². The number of para-hydroxylation sites is 1. The average Bonchev–Trinajstić information content (AvgIpc) is 3.47. The quantitative estimate of drug-likeness (QED) is 0.213. The minimum absolute atomic E-state index is 0.117. The number of likely N-dealkylation sites (tertiary alicyclic amines) is 1. The van der Waals surface area contributed by atoms with Gasteiger partial charge in [-0.3, -0.25) is 14.6 Å². The number of halogens is 1. The number of nitrogens with one attached hydrogen (secondary N) is 1. The summed E-state index contributed by atoms with van der Waals surface area (Å²) in [6.07, 6.45) is 6.08. The zero-order valence-corrected chi connectivity index (χ0v) is 20.2. The van der Waals surface area contributed by atoms with Gasteiger partial charge < -0.3 is 19.5 Å². The molecule has 8 nitrogen and oxygen atoms in total. The van der Waals surface area contributed by atoms with Crippen molar-refractivity contribution in [3.8, 4) is 11.5 Å². The van der Waals surface area contributed by atoms with Crippen LogP contribution in [0.3, 0.4) is 0 Å². The van der Waals surface area contributed by atoms with Crippen molar-refractivity contribution in [3.63, 3.8) is 0 Å². The maximum atomic E-state index is 13.6. The van der Waals surface area contributed by atoms with Gasteiger partial charge in [0.1, 0.15) is 23.9 Å². The summed E-state index contributed by atoms with van der Waals surface area (Å²) in [6.45, 7) is 3.17. The van der Waals surface area contributed by atoms with E-state index in [2.05, 4.69) is 4.98 Å². The Hall–Kier alpha value is -3.78. The summed E-state index contributed by atoms with van der Waals surface area (Å²) in [5, 5.41) is 13.9. The third kappa shape index (κ3) is 4.88. The molecule has 1 saturated heterocycles. The maximum absolute atomic E-state index is 13.6. The Bertz CT molecular complexity index is 1260. The lowest BCUT2D eigenvalue weighted by atomic mass is 9.94. The predicted octanol–water partition coefficient (Wildman–Crippen LogP) is 2.68. The number of ketones is 1. The van der Waals surface area contributed by atoms with Crippen LogP contribution in [0.5, 0.6) is 11.5 Å². The van der Waals surface area contributed by atoms with Crippen molar-refractivity contribution in [2.75, 3.05) is 20.3 Å². The van der Waals surface area contributed by atoms with Gasteiger partial charge in [-0.1, -0.05) is 41.6 Å². The van der Waals surface area contributed by atoms with Crippen molar-refractivity contribution >= 4 is 29.1 Å². The molecule has 0 bridgehead atoms. The van der Waals surface area contributed by atoms with Gasteiger partial charge in [0.05, 0.1) is 31.3 Å². The summed E-state index contributed by atoms with van der Waals surface area (Å²) in [6, 6.07) is 10.8. The molecule has 1 aliphatic heterocycles. The van der Waals surface area contributed by atoms with Gasteiger partial charge in [0.15, 0.2) is 0 Å². The summed E-state index contributed by atoms with van der Waals surface area (Å²) in [5.41, 5.74) is 0.664. The zero-order valence-electron chi connectivity index (χ0n) is 19.5. The number of Topliss-reactive ketones (excluding diaryl/α,β-unsaturated/α-hetero) is 1. The van der Waals surface area contributed by atoms with E-state index < -0.39 is 23.5 Å². The minimum atomic E-state index is -0.875. The molecule has 1 amide bonds. The molecule has 0 spiro atoms. The van der Waals surface area contributed by atoms with Crippen LogP contribution in [-0.2, 0) is 16.1 Å². The van der Waals surface area contributed by atoms with E-state index in [1.54, 1.807) is 42.6 Å². The molecular weight excluding hydrogens is 470 g/mol. The number of rotatable bonds is 9. The number of benzene rings is 2. The average molecular weight is 496 g/mol. The van der Waals surface area contributed by atoms with E-state index in [1.165, 1.54) is 18.1 Å². The summed E-state index contributed by atoms with van der Waals surface area (Å²) >= 11 is 6.30. The number of imidazole rings is 1. The fourth-order valence-electron chi connectivity index (χ4n) is 4.27. The topological polar surface area (TPSA) is 98.6 Å². The molecule has 0 saturated carbocycles. The Balaban J connectivity index is 1.77. The normalized spacial score (nSPS) is 17.1. The van der Waals surface area contributed by atoms with Crippen LogP contribution in [0, 0.1) is 0 Å². The second-order valence-electron chi connectivity index (χ2n) is 8.00. The van der Waals surface area contributed by atoms with Crippen molar-refractivity contribution in [1.29, 1.82) is 0 Å². The summed E-state index contributed by atoms with van der Waals surface area (Å²) in [5.74, 6) is -1.15. The first kappa shape index (κ1) is 24.3. The summed E-state index contributed by atoms with van der Waals surface area (Å²) in [7, 11) is 1.51. The number of aryl methyl sites for hydroxylation is 1. The van der Waals surface area contributed by atoms with E-state index in [9.17, 15) is 14.7 Å². The summed E-state index contributed by atoms with van der Waals surface area (Å²) in [4.78, 5) is 30.8. The van der Waals surface area contributed by atoms with E-state index in [1.807, 2.05) is 24.0 Å². The minimum Gasteiger partial charge on any atom is -0.872 e. The van der Waals surface area contributed by atoms with Crippen LogP contribution < -0.4 is 19.1 Å². The molecule has 1 atom stereocenters. The number of amides is 1. The van der Waals surface area contributed by atoms with Gasteiger partial charge in [-0.15, -0.1) is 0 Å². The van der Waals surface area contributed by atoms with E-state index in [-0.39, 0.29) is 22.7 Å². The zero-order chi connectivity index (χ0) is 24.9. The number of aromatic nitrogens is 2. The van der Waals surface area contributed by atoms with Crippen molar-refractivity contribution in [2.45, 2.75) is 25.9 Å². The Morgan fingerprint density at radius 2 is 2.00 bits per heavy atom. The lowest BCUT2D eigenvalue weighted by molar-refractivity contribution is -0.695. The Morgan fingerprint density at radius 3 is 2.69 bits per heavy atom. The number of H-pyrrole nitrogens is 1. The smallest absolute Gasteiger partial charge is 0.295 e. The third-order valence-corrected chi connectivity index (χ3v) is 6.17. The fourth-order valence-corrected chi connectivity index (χ4v) is 4.51. The van der Waals surface area contributed by atoms with Crippen LogP contribution in [0.1, 0.15) is 30.5 Å². The van der Waals surface area contributed by atoms with Crippen molar-refractivity contribution in [1.82, 2.24) is 9.88 Å². The fraction of sp³-hybridized carbons (Fsp3) is 0.269. The molecule has 4 rings (SSSR count). The van der Waals surface area contributed by atoms with Crippen LogP contribution >= 0.6 is 11.6 Å². The number of methoxy groups -OCH3 is 1. The number of hydrogen-bond acceptors (Lipinski definition) is 5. The first-order valence-corrected chi connectivity index (χ1v) is 11.7. The first-order chi connectivity index (χ1) is 17.0. The highest BCUT2D eigenvalue weighted by molar-refractivity contribution is 6.46. The highest BCUT2D eigenvalue weighted by Crippen LogP contribution is 2.42. The molecule has 0 radical (unpaired) electrons. The molecule has 1 aliphatic rings. The number of nitrogens with zero attached hydrogens (tertiary/aromatic N) is 2. The molecule has 2 aromatic carbocycles. The molecule has 35 heavy (non-hydrogen) atoms. The second kappa shape index (κ2) is 10.7. The van der Waals surface area contributed by atoms with Gasteiger partial charge in [-0.25, -0.2) is 4.57 Å². The summed E-state index contributed by atoms with van der Waals surface area (Å²) < 4.78 is 12.9. The van der Waals surface area contributed by atoms with Gasteiger partial charge in [0, 0.05) is 24.1 Å². The first-order valence-electron chi connectivity index (χ1n) is 11.3. The van der Waals surface area contributed by atoms with Crippen molar-refractivity contribution in [2.24, 2.45) is 0 Å². The molecule has 1 fully saturated rings. The highest BCUT2D eigenvalue weighted by Gasteiger charge is 2.45. The highest BCUT2D eigenvalue weighted by atomic mass is 35.5. The molecule has 9 heteroatoms. The van der Waals surface area contributed by atoms with Gasteiger partial charge in [0.2, 0.25) is 12.1 Å². The lowest BCUT2D eigenvalue weighted by Crippen LogP contribution is -2.36. The van der Waals surface area contributed by atoms with Crippen LogP contribution in [0.2, 0.25) is 5.02 Å². The number of carbonyl (C=O) groups is 2. The number of carbonyl (C=O) groups excluding carboxylic acids is 2. The number of aromatic amines is 1. The standard InChI is InChI=1S/C26H26ClN3O5/c1-3-35-21-10-9-17(15-19(21)27)24(31)22-23(18-7-4-5-8-20(18)34-2)30(26(33)25(22)32)13-6-12-29-14-11-28-16-29/h4-5,7-11,14-16,23H,3,6,12-13H2,1-2H3,(H,31,32). The van der Waals surface area contributed by atoms with Crippen LogP contribution in [-0.4, -0.2) is 41.8 Å². The predicted molar refractivity (Wildman–Crippen MR) is 128 cm³/mol. The molecule has 182 valence electrons. The molecule has 1 aromatic heterocycles. The Kier molecular flexibility index (Phi) is 7.41. The van der Waals surface area contributed by atoms with E-state index in [4.69, 9.17) is 21.1 Å². The molecule has 1 N–H and O–H groups in total. The largest absolute Gasteiger partial charge is 0.872 e.